The molecule has 0 saturated carbocycles. The maximum Gasteiger partial charge on any atom is 0.164 e. The molecule has 0 atom stereocenters. The van der Waals surface area contributed by atoms with Gasteiger partial charge in [0.05, 0.1) is 22.4 Å². The fourth-order valence-electron chi connectivity index (χ4n) is 8.00. The first-order valence-corrected chi connectivity index (χ1v) is 18.0. The van der Waals surface area contributed by atoms with Crippen LogP contribution in [0.25, 0.3) is 61.7 Å². The summed E-state index contributed by atoms with van der Waals surface area (Å²) in [6, 6.07) is 61.9. The molecule has 2 aromatic heterocycles. The van der Waals surface area contributed by atoms with Crippen molar-refractivity contribution in [3.8, 4) is 39.9 Å². The van der Waals surface area contributed by atoms with Crippen LogP contribution >= 0.6 is 0 Å². The second kappa shape index (κ2) is 12.1. The van der Waals surface area contributed by atoms with E-state index in [1.165, 1.54) is 27.9 Å². The van der Waals surface area contributed by atoms with Crippen LogP contribution in [0, 0.1) is 0 Å². The molecule has 0 saturated heterocycles. The summed E-state index contributed by atoms with van der Waals surface area (Å²) in [4.78, 5) is 17.5. The molecule has 7 aromatic carbocycles. The summed E-state index contributed by atoms with van der Waals surface area (Å²) in [5.41, 5.74) is 12.1. The molecule has 1 aliphatic rings. The van der Waals surface area contributed by atoms with Crippen LogP contribution in [0.15, 0.2) is 176 Å². The molecular formula is C48H35N5. The van der Waals surface area contributed by atoms with Gasteiger partial charge in [0.25, 0.3) is 0 Å². The zero-order valence-corrected chi connectivity index (χ0v) is 29.5. The summed E-state index contributed by atoms with van der Waals surface area (Å²) < 4.78 is 2.40. The summed E-state index contributed by atoms with van der Waals surface area (Å²) >= 11 is 0. The molecule has 0 unspecified atom stereocenters. The van der Waals surface area contributed by atoms with Crippen molar-refractivity contribution in [1.82, 2.24) is 19.5 Å². The Morgan fingerprint density at radius 2 is 0.906 bits per heavy atom. The van der Waals surface area contributed by atoms with Gasteiger partial charge in [-0.15, -0.1) is 0 Å². The van der Waals surface area contributed by atoms with E-state index in [-0.39, 0.29) is 5.41 Å². The monoisotopic (exact) mass is 681 g/mol. The number of fused-ring (bicyclic) bond motifs is 5. The van der Waals surface area contributed by atoms with Gasteiger partial charge in [0.15, 0.2) is 17.5 Å². The molecule has 5 heteroatoms. The van der Waals surface area contributed by atoms with E-state index >= 15 is 0 Å². The van der Waals surface area contributed by atoms with Gasteiger partial charge >= 0.3 is 0 Å². The van der Waals surface area contributed by atoms with Crippen molar-refractivity contribution in [1.29, 1.82) is 0 Å². The van der Waals surface area contributed by atoms with Crippen LogP contribution < -0.4 is 4.90 Å². The minimum absolute atomic E-state index is 0.235. The number of rotatable bonds is 5. The zero-order valence-electron chi connectivity index (χ0n) is 29.5. The lowest BCUT2D eigenvalue weighted by atomic mass is 9.73. The van der Waals surface area contributed by atoms with E-state index in [0.29, 0.717) is 17.5 Å². The Balaban J connectivity index is 1.26. The Labute approximate surface area is 308 Å². The molecule has 5 nitrogen and oxygen atoms in total. The lowest BCUT2D eigenvalue weighted by Gasteiger charge is -2.42. The Morgan fingerprint density at radius 3 is 1.53 bits per heavy atom. The van der Waals surface area contributed by atoms with Crippen LogP contribution in [0.2, 0.25) is 0 Å². The Morgan fingerprint density at radius 1 is 0.396 bits per heavy atom. The minimum Gasteiger partial charge on any atom is -0.310 e. The third-order valence-corrected chi connectivity index (χ3v) is 10.6. The maximum absolute atomic E-state index is 5.08. The van der Waals surface area contributed by atoms with Gasteiger partial charge < -0.3 is 9.47 Å². The van der Waals surface area contributed by atoms with Crippen molar-refractivity contribution in [3.05, 3.63) is 187 Å². The van der Waals surface area contributed by atoms with Crippen LogP contribution in [0.3, 0.4) is 0 Å². The Bertz CT molecular complexity index is 2730. The normalized spacial score (nSPS) is 13.2. The quantitative estimate of drug-likeness (QED) is 0.181. The van der Waals surface area contributed by atoms with Crippen molar-refractivity contribution in [2.75, 3.05) is 4.90 Å². The molecular weight excluding hydrogens is 647 g/mol. The van der Waals surface area contributed by atoms with E-state index in [1.54, 1.807) is 0 Å². The average molecular weight is 682 g/mol. The van der Waals surface area contributed by atoms with Gasteiger partial charge in [-0.3, -0.25) is 0 Å². The number of anilines is 3. The van der Waals surface area contributed by atoms with Gasteiger partial charge in [-0.05, 0) is 71.8 Å². The highest BCUT2D eigenvalue weighted by Crippen LogP contribution is 2.53. The van der Waals surface area contributed by atoms with Crippen molar-refractivity contribution < 1.29 is 0 Å². The van der Waals surface area contributed by atoms with Crippen molar-refractivity contribution in [2.45, 2.75) is 19.3 Å². The van der Waals surface area contributed by atoms with Crippen LogP contribution in [0.5, 0.6) is 0 Å². The van der Waals surface area contributed by atoms with Gasteiger partial charge in [-0.1, -0.05) is 129 Å². The van der Waals surface area contributed by atoms with Crippen LogP contribution in [0.1, 0.15) is 25.0 Å². The molecule has 0 aliphatic carbocycles. The number of para-hydroxylation sites is 3. The summed E-state index contributed by atoms with van der Waals surface area (Å²) in [6.07, 6.45) is 0. The first-order valence-electron chi connectivity index (χ1n) is 18.0. The molecule has 1 aliphatic heterocycles. The van der Waals surface area contributed by atoms with Crippen molar-refractivity contribution in [3.63, 3.8) is 0 Å². The molecule has 0 amide bonds. The van der Waals surface area contributed by atoms with Crippen molar-refractivity contribution >= 4 is 38.9 Å². The molecule has 0 spiro atoms. The zero-order chi connectivity index (χ0) is 35.5. The molecule has 252 valence electrons. The Hall–Kier alpha value is -6.85. The molecule has 0 radical (unpaired) electrons. The first-order chi connectivity index (χ1) is 26.0. The van der Waals surface area contributed by atoms with E-state index in [2.05, 4.69) is 139 Å². The van der Waals surface area contributed by atoms with Gasteiger partial charge in [0.2, 0.25) is 0 Å². The second-order valence-corrected chi connectivity index (χ2v) is 14.1. The minimum atomic E-state index is -0.235. The smallest absolute Gasteiger partial charge is 0.164 e. The highest BCUT2D eigenvalue weighted by atomic mass is 15.2. The Kier molecular flexibility index (Phi) is 7.08. The van der Waals surface area contributed by atoms with E-state index in [0.717, 1.165) is 44.5 Å². The predicted molar refractivity (Wildman–Crippen MR) is 217 cm³/mol. The third kappa shape index (κ3) is 5.04. The summed E-state index contributed by atoms with van der Waals surface area (Å²) in [6.45, 7) is 4.70. The lowest BCUT2D eigenvalue weighted by Crippen LogP contribution is -2.30. The van der Waals surface area contributed by atoms with Gasteiger partial charge in [-0.2, -0.15) is 0 Å². The average Bonchev–Trinajstić information content (AvgIpc) is 3.54. The second-order valence-electron chi connectivity index (χ2n) is 14.1. The lowest BCUT2D eigenvalue weighted by molar-refractivity contribution is 0.632. The number of nitrogens with zero attached hydrogens (tertiary/aromatic N) is 5. The van der Waals surface area contributed by atoms with Gasteiger partial charge in [-0.25, -0.2) is 15.0 Å². The van der Waals surface area contributed by atoms with Gasteiger partial charge in [0, 0.05) is 44.3 Å². The topological polar surface area (TPSA) is 46.8 Å². The van der Waals surface area contributed by atoms with Crippen LogP contribution in [0.4, 0.5) is 17.1 Å². The summed E-state index contributed by atoms with van der Waals surface area (Å²) in [5.74, 6) is 1.93. The van der Waals surface area contributed by atoms with E-state index in [1.807, 2.05) is 60.7 Å². The van der Waals surface area contributed by atoms with Crippen molar-refractivity contribution in [2.24, 2.45) is 0 Å². The van der Waals surface area contributed by atoms with Gasteiger partial charge in [0.1, 0.15) is 0 Å². The van der Waals surface area contributed by atoms with Crippen LogP contribution in [-0.4, -0.2) is 19.5 Å². The predicted octanol–water partition coefficient (Wildman–Crippen LogP) is 12.1. The van der Waals surface area contributed by atoms with E-state index < -0.39 is 0 Å². The molecule has 9 aromatic rings. The highest BCUT2D eigenvalue weighted by molar-refractivity contribution is 6.12. The standard InChI is InChI=1S/C48H35N5/c1-48(2)39-25-15-16-26-42(39)53(36-23-13-6-14-24-36)44-30-38-37-29-34(27-28-41(37)52(43(38)31-40(44)48)35-21-11-5-12-22-35)47-50-45(32-17-7-3-8-18-32)49-46(51-47)33-19-9-4-10-20-33/h3-31H,1-2H3. The highest BCUT2D eigenvalue weighted by Gasteiger charge is 2.37. The number of hydrogen-bond donors (Lipinski definition) is 0. The molecule has 3 heterocycles. The third-order valence-electron chi connectivity index (χ3n) is 10.6. The van der Waals surface area contributed by atoms with E-state index in [4.69, 9.17) is 15.0 Å². The fraction of sp³-hybridized carbons (Fsp3) is 0.0625. The fourth-order valence-corrected chi connectivity index (χ4v) is 8.00. The molecule has 10 rings (SSSR count). The molecule has 53 heavy (non-hydrogen) atoms. The first kappa shape index (κ1) is 30.9. The molecule has 0 bridgehead atoms. The van der Waals surface area contributed by atoms with E-state index in [9.17, 15) is 0 Å². The molecule has 0 N–H and O–H groups in total. The maximum atomic E-state index is 5.08. The molecule has 0 fully saturated rings. The largest absolute Gasteiger partial charge is 0.310 e. The summed E-state index contributed by atoms with van der Waals surface area (Å²) in [5, 5.41) is 2.30. The van der Waals surface area contributed by atoms with Crippen LogP contribution in [-0.2, 0) is 5.41 Å². The SMILES string of the molecule is CC1(C)c2ccccc2N(c2ccccc2)c2cc3c4cc(-c5nc(-c6ccccc6)nc(-c6ccccc6)n5)ccc4n(-c4ccccc4)c3cc21. The number of hydrogen-bond acceptors (Lipinski definition) is 4. The summed E-state index contributed by atoms with van der Waals surface area (Å²) in [7, 11) is 0. The number of aromatic nitrogens is 4. The number of benzene rings is 7.